The van der Waals surface area contributed by atoms with Gasteiger partial charge in [0.25, 0.3) is 0 Å². The summed E-state index contributed by atoms with van der Waals surface area (Å²) in [6.07, 6.45) is 2.75. The van der Waals surface area contributed by atoms with Crippen LogP contribution in [-0.2, 0) is 14.9 Å². The maximum Gasteiger partial charge on any atom is 0.225 e. The van der Waals surface area contributed by atoms with Crippen molar-refractivity contribution in [3.8, 4) is 0 Å². The standard InChI is InChI=1S/C7H11N2O3S/c1-7(2,10)5-13(11,12)6-8-3-4-9-6/h3-4H,5H2,1-2H3,(H,8,9). The van der Waals surface area contributed by atoms with E-state index in [4.69, 9.17) is 0 Å². The molecule has 0 saturated carbocycles. The summed E-state index contributed by atoms with van der Waals surface area (Å²) in [7, 11) is -3.55. The molecule has 0 spiro atoms. The van der Waals surface area contributed by atoms with Crippen LogP contribution in [-0.4, -0.2) is 29.7 Å². The van der Waals surface area contributed by atoms with Crippen LogP contribution in [0.2, 0.25) is 0 Å². The van der Waals surface area contributed by atoms with Gasteiger partial charge in [0.15, 0.2) is 0 Å². The highest BCUT2D eigenvalue weighted by Crippen LogP contribution is 2.12. The summed E-state index contributed by atoms with van der Waals surface area (Å²) >= 11 is 0. The highest BCUT2D eigenvalue weighted by Gasteiger charge is 2.28. The highest BCUT2D eigenvalue weighted by molar-refractivity contribution is 7.91. The first kappa shape index (κ1) is 10.2. The Kier molecular flexibility index (Phi) is 2.44. The third-order valence-electron chi connectivity index (χ3n) is 1.31. The minimum atomic E-state index is -3.55. The Morgan fingerprint density at radius 2 is 2.15 bits per heavy atom. The lowest BCUT2D eigenvalue weighted by atomic mass is 10.2. The van der Waals surface area contributed by atoms with Crippen LogP contribution in [0.25, 0.3) is 0 Å². The predicted octanol–water partition coefficient (Wildman–Crippen LogP) is 0.393. The summed E-state index contributed by atoms with van der Waals surface area (Å²) in [6, 6.07) is 0. The van der Waals surface area contributed by atoms with Gasteiger partial charge in [-0.15, -0.1) is 0 Å². The zero-order chi connectivity index (χ0) is 10.1. The molecule has 0 aliphatic carbocycles. The van der Waals surface area contributed by atoms with E-state index in [2.05, 4.69) is 9.97 Å². The molecule has 0 atom stereocenters. The van der Waals surface area contributed by atoms with Gasteiger partial charge in [0.2, 0.25) is 15.0 Å². The van der Waals surface area contributed by atoms with Gasteiger partial charge in [0.05, 0.1) is 5.75 Å². The topological polar surface area (TPSA) is 82.7 Å². The molecule has 0 amide bonds. The van der Waals surface area contributed by atoms with Crippen molar-refractivity contribution in [3.05, 3.63) is 12.4 Å². The Hall–Kier alpha value is -0.880. The zero-order valence-electron chi connectivity index (χ0n) is 7.44. The molecule has 1 radical (unpaired) electrons. The summed E-state index contributed by atoms with van der Waals surface area (Å²) < 4.78 is 22.8. The monoisotopic (exact) mass is 203 g/mol. The molecule has 0 unspecified atom stereocenters. The van der Waals surface area contributed by atoms with Crippen molar-refractivity contribution in [2.24, 2.45) is 0 Å². The molecule has 0 fully saturated rings. The largest absolute Gasteiger partial charge is 0.336 e. The first-order valence-corrected chi connectivity index (χ1v) is 5.39. The Labute approximate surface area is 76.7 Å². The molecule has 5 nitrogen and oxygen atoms in total. The van der Waals surface area contributed by atoms with E-state index < -0.39 is 21.2 Å². The summed E-state index contributed by atoms with van der Waals surface area (Å²) in [4.78, 5) is 6.05. The summed E-state index contributed by atoms with van der Waals surface area (Å²) in [5.41, 5.74) is -1.49. The number of nitrogens with one attached hydrogen (secondary N) is 1. The average Bonchev–Trinajstić information content (AvgIpc) is 2.29. The van der Waals surface area contributed by atoms with Gasteiger partial charge in [0, 0.05) is 12.4 Å². The first-order valence-electron chi connectivity index (χ1n) is 3.74. The number of imidazole rings is 1. The number of aromatic nitrogens is 2. The van der Waals surface area contributed by atoms with Crippen LogP contribution >= 0.6 is 0 Å². The predicted molar refractivity (Wildman–Crippen MR) is 45.4 cm³/mol. The molecule has 6 heteroatoms. The van der Waals surface area contributed by atoms with Crippen LogP contribution in [0.5, 0.6) is 0 Å². The highest BCUT2D eigenvalue weighted by atomic mass is 32.2. The normalized spacial score (nSPS) is 13.2. The van der Waals surface area contributed by atoms with E-state index in [1.807, 2.05) is 0 Å². The second-order valence-electron chi connectivity index (χ2n) is 3.41. The lowest BCUT2D eigenvalue weighted by Gasteiger charge is -2.12. The number of hydrogen-bond donors (Lipinski definition) is 1. The molecule has 0 aromatic carbocycles. The summed E-state index contributed by atoms with van der Waals surface area (Å²) in [6.45, 7) is 2.65. The van der Waals surface area contributed by atoms with Crippen molar-refractivity contribution in [2.45, 2.75) is 24.6 Å². The number of H-pyrrole nitrogens is 1. The van der Waals surface area contributed by atoms with Crippen LogP contribution < -0.4 is 0 Å². The van der Waals surface area contributed by atoms with Gasteiger partial charge in [-0.3, -0.25) is 0 Å². The van der Waals surface area contributed by atoms with Gasteiger partial charge in [-0.25, -0.2) is 18.5 Å². The van der Waals surface area contributed by atoms with E-state index in [0.717, 1.165) is 0 Å². The molecule has 0 bridgehead atoms. The Morgan fingerprint density at radius 1 is 1.54 bits per heavy atom. The van der Waals surface area contributed by atoms with Crippen molar-refractivity contribution in [3.63, 3.8) is 0 Å². The minimum Gasteiger partial charge on any atom is -0.336 e. The molecular weight excluding hydrogens is 192 g/mol. The van der Waals surface area contributed by atoms with Crippen molar-refractivity contribution >= 4 is 9.84 Å². The van der Waals surface area contributed by atoms with Crippen LogP contribution in [0.15, 0.2) is 17.6 Å². The molecule has 1 heterocycles. The van der Waals surface area contributed by atoms with Gasteiger partial charge in [0.1, 0.15) is 5.60 Å². The smallest absolute Gasteiger partial charge is 0.225 e. The average molecular weight is 203 g/mol. The minimum absolute atomic E-state index is 0.142. The third-order valence-corrected chi connectivity index (χ3v) is 3.19. The Morgan fingerprint density at radius 3 is 2.54 bits per heavy atom. The molecule has 0 aliphatic rings. The molecule has 1 N–H and O–H groups in total. The molecule has 0 saturated heterocycles. The second kappa shape index (κ2) is 3.12. The first-order chi connectivity index (χ1) is 5.81. The van der Waals surface area contributed by atoms with Gasteiger partial charge >= 0.3 is 0 Å². The Bertz CT molecular complexity index is 361. The number of rotatable bonds is 3. The number of aromatic amines is 1. The van der Waals surface area contributed by atoms with Crippen molar-refractivity contribution in [2.75, 3.05) is 5.75 Å². The quantitative estimate of drug-likeness (QED) is 0.771. The van der Waals surface area contributed by atoms with Gasteiger partial charge in [-0.05, 0) is 13.8 Å². The molecule has 1 aromatic rings. The zero-order valence-corrected chi connectivity index (χ0v) is 8.26. The fourth-order valence-corrected chi connectivity index (χ4v) is 2.47. The fraction of sp³-hybridized carbons (Fsp3) is 0.571. The van der Waals surface area contributed by atoms with E-state index in [-0.39, 0.29) is 5.16 Å². The SMILES string of the molecule is CC(C)([O])CS(=O)(=O)c1ncc[nH]1. The Balaban J connectivity index is 2.93. The number of sulfone groups is 1. The van der Waals surface area contributed by atoms with Crippen LogP contribution in [0, 0.1) is 0 Å². The molecule has 1 rings (SSSR count). The number of nitrogens with zero attached hydrogens (tertiary/aromatic N) is 1. The summed E-state index contributed by atoms with van der Waals surface area (Å²) in [5, 5.41) is 11.1. The van der Waals surface area contributed by atoms with Crippen LogP contribution in [0.4, 0.5) is 0 Å². The number of hydrogen-bond acceptors (Lipinski definition) is 3. The second-order valence-corrected chi connectivity index (χ2v) is 5.32. The molecule has 13 heavy (non-hydrogen) atoms. The molecule has 73 valence electrons. The maximum absolute atomic E-state index is 11.4. The molecule has 0 aliphatic heterocycles. The van der Waals surface area contributed by atoms with Crippen molar-refractivity contribution in [1.82, 2.24) is 9.97 Å². The van der Waals surface area contributed by atoms with Crippen LogP contribution in [0.1, 0.15) is 13.8 Å². The molecular formula is C7H11N2O3S. The van der Waals surface area contributed by atoms with Crippen molar-refractivity contribution < 1.29 is 13.5 Å². The lowest BCUT2D eigenvalue weighted by Crippen LogP contribution is -2.29. The molecule has 1 aromatic heterocycles. The summed E-state index contributed by atoms with van der Waals surface area (Å²) in [5.74, 6) is -0.451. The van der Waals surface area contributed by atoms with E-state index in [1.165, 1.54) is 26.2 Å². The van der Waals surface area contributed by atoms with Gasteiger partial charge < -0.3 is 4.98 Å². The lowest BCUT2D eigenvalue weighted by molar-refractivity contribution is 0.0248. The van der Waals surface area contributed by atoms with Crippen molar-refractivity contribution in [1.29, 1.82) is 0 Å². The van der Waals surface area contributed by atoms with Crippen LogP contribution in [0.3, 0.4) is 0 Å². The van der Waals surface area contributed by atoms with E-state index in [9.17, 15) is 13.5 Å². The maximum atomic E-state index is 11.4. The third kappa shape index (κ3) is 2.82. The van der Waals surface area contributed by atoms with Gasteiger partial charge in [-0.1, -0.05) is 0 Å². The van der Waals surface area contributed by atoms with E-state index in [1.54, 1.807) is 0 Å². The van der Waals surface area contributed by atoms with E-state index >= 15 is 0 Å². The fourth-order valence-electron chi connectivity index (χ4n) is 0.947. The van der Waals surface area contributed by atoms with E-state index in [0.29, 0.717) is 0 Å². The van der Waals surface area contributed by atoms with Gasteiger partial charge in [-0.2, -0.15) is 0 Å².